The highest BCUT2D eigenvalue weighted by Crippen LogP contribution is 2.28. The van der Waals surface area contributed by atoms with Crippen molar-refractivity contribution in [2.75, 3.05) is 19.0 Å². The van der Waals surface area contributed by atoms with E-state index >= 15 is 0 Å². The summed E-state index contributed by atoms with van der Waals surface area (Å²) >= 11 is 11.0. The summed E-state index contributed by atoms with van der Waals surface area (Å²) < 4.78 is 10.7. The molecule has 2 rings (SSSR count). The molecule has 0 saturated carbocycles. The fraction of sp³-hybridized carbons (Fsp3) is 0.158. The van der Waals surface area contributed by atoms with E-state index < -0.39 is 0 Å². The number of hydrogen-bond donors (Lipinski definition) is 3. The lowest BCUT2D eigenvalue weighted by atomic mass is 10.2. The molecule has 2 aromatic carbocycles. The third-order valence-corrected chi connectivity index (χ3v) is 3.74. The van der Waals surface area contributed by atoms with Crippen LogP contribution in [0.15, 0.2) is 48.5 Å². The number of methoxy groups -OCH3 is 1. The van der Waals surface area contributed by atoms with Gasteiger partial charge in [0.25, 0.3) is 5.91 Å². The molecule has 0 spiro atoms. The molecule has 0 heterocycles. The third kappa shape index (κ3) is 6.80. The smallest absolute Gasteiger partial charge is 0.262 e. The molecular weight excluding hydrogens is 386 g/mol. The van der Waals surface area contributed by atoms with Crippen molar-refractivity contribution in [3.8, 4) is 11.5 Å². The minimum Gasteiger partial charge on any atom is -0.493 e. The fourth-order valence-electron chi connectivity index (χ4n) is 2.13. The highest BCUT2D eigenvalue weighted by molar-refractivity contribution is 7.80. The molecule has 2 aromatic rings. The molecule has 0 aliphatic rings. The third-order valence-electron chi connectivity index (χ3n) is 3.30. The van der Waals surface area contributed by atoms with Gasteiger partial charge in [-0.3, -0.25) is 15.6 Å². The van der Waals surface area contributed by atoms with E-state index in [0.717, 1.165) is 5.56 Å². The van der Waals surface area contributed by atoms with Gasteiger partial charge in [-0.2, -0.15) is 0 Å². The van der Waals surface area contributed by atoms with E-state index in [1.54, 1.807) is 49.6 Å². The minimum atomic E-state index is -0.362. The standard InChI is InChI=1S/C19H20ClN3O3S/c1-3-26-17-11-13(7-9-16(17)25-2)8-10-18(24)22-23-19(27)21-15-6-4-5-14(20)12-15/h4-12H,3H2,1-2H3,(H,22,24)(H2,21,23,27)/b10-8+. The van der Waals surface area contributed by atoms with Gasteiger partial charge in [-0.25, -0.2) is 0 Å². The number of benzene rings is 2. The Balaban J connectivity index is 1.87. The van der Waals surface area contributed by atoms with Crippen LogP contribution in [0.5, 0.6) is 11.5 Å². The molecule has 27 heavy (non-hydrogen) atoms. The minimum absolute atomic E-state index is 0.238. The second-order valence-electron chi connectivity index (χ2n) is 5.26. The number of nitrogens with one attached hydrogen (secondary N) is 3. The Bertz CT molecular complexity index is 843. The number of carbonyl (C=O) groups excluding carboxylic acids is 1. The molecule has 0 fully saturated rings. The van der Waals surface area contributed by atoms with Crippen molar-refractivity contribution < 1.29 is 14.3 Å². The van der Waals surface area contributed by atoms with E-state index in [2.05, 4.69) is 16.2 Å². The van der Waals surface area contributed by atoms with E-state index in [0.29, 0.717) is 28.8 Å². The topological polar surface area (TPSA) is 71.6 Å². The van der Waals surface area contributed by atoms with Crippen molar-refractivity contribution in [2.24, 2.45) is 0 Å². The molecular formula is C19H20ClN3O3S. The lowest BCUT2D eigenvalue weighted by Crippen LogP contribution is -2.43. The molecule has 3 N–H and O–H groups in total. The Morgan fingerprint density at radius 3 is 2.70 bits per heavy atom. The highest BCUT2D eigenvalue weighted by atomic mass is 35.5. The summed E-state index contributed by atoms with van der Waals surface area (Å²) in [6, 6.07) is 12.5. The molecule has 0 bridgehead atoms. The van der Waals surface area contributed by atoms with Crippen LogP contribution in [0.4, 0.5) is 5.69 Å². The molecule has 6 nitrogen and oxygen atoms in total. The quantitative estimate of drug-likeness (QED) is 0.386. The van der Waals surface area contributed by atoms with Gasteiger partial charge in [0.15, 0.2) is 16.6 Å². The highest BCUT2D eigenvalue weighted by Gasteiger charge is 2.04. The van der Waals surface area contributed by atoms with Crippen LogP contribution in [0.3, 0.4) is 0 Å². The largest absolute Gasteiger partial charge is 0.493 e. The maximum Gasteiger partial charge on any atom is 0.262 e. The van der Waals surface area contributed by atoms with E-state index in [1.165, 1.54) is 6.08 Å². The first-order valence-corrected chi connectivity index (χ1v) is 8.92. The second-order valence-corrected chi connectivity index (χ2v) is 6.10. The predicted octanol–water partition coefficient (Wildman–Crippen LogP) is 3.78. The molecule has 8 heteroatoms. The van der Waals surface area contributed by atoms with Crippen LogP contribution >= 0.6 is 23.8 Å². The van der Waals surface area contributed by atoms with Crippen LogP contribution in [-0.4, -0.2) is 24.7 Å². The number of carbonyl (C=O) groups is 1. The number of ether oxygens (including phenoxy) is 2. The van der Waals surface area contributed by atoms with Gasteiger partial charge < -0.3 is 14.8 Å². The van der Waals surface area contributed by atoms with Crippen molar-refractivity contribution in [2.45, 2.75) is 6.92 Å². The number of anilines is 1. The zero-order chi connectivity index (χ0) is 19.6. The Morgan fingerprint density at radius 1 is 1.19 bits per heavy atom. The summed E-state index contributed by atoms with van der Waals surface area (Å²) in [4.78, 5) is 11.9. The van der Waals surface area contributed by atoms with Crippen molar-refractivity contribution in [1.82, 2.24) is 10.9 Å². The zero-order valence-electron chi connectivity index (χ0n) is 14.9. The van der Waals surface area contributed by atoms with Crippen LogP contribution in [-0.2, 0) is 4.79 Å². The molecule has 0 radical (unpaired) electrons. The first-order valence-electron chi connectivity index (χ1n) is 8.13. The summed E-state index contributed by atoms with van der Waals surface area (Å²) in [7, 11) is 1.58. The summed E-state index contributed by atoms with van der Waals surface area (Å²) in [5.41, 5.74) is 6.61. The Hall–Kier alpha value is -2.77. The first kappa shape index (κ1) is 20.5. The maximum absolute atomic E-state index is 11.9. The van der Waals surface area contributed by atoms with Gasteiger partial charge >= 0.3 is 0 Å². The van der Waals surface area contributed by atoms with Gasteiger partial charge in [-0.15, -0.1) is 0 Å². The molecule has 0 unspecified atom stereocenters. The van der Waals surface area contributed by atoms with E-state index in [-0.39, 0.29) is 11.0 Å². The second kappa shape index (κ2) is 10.4. The van der Waals surface area contributed by atoms with Gasteiger partial charge in [0.1, 0.15) is 0 Å². The molecule has 0 aliphatic heterocycles. The average Bonchev–Trinajstić information content (AvgIpc) is 2.65. The normalized spacial score (nSPS) is 10.3. The summed E-state index contributed by atoms with van der Waals surface area (Å²) in [5.74, 6) is 0.893. The number of amides is 1. The molecule has 0 aromatic heterocycles. The molecule has 0 saturated heterocycles. The van der Waals surface area contributed by atoms with Crippen LogP contribution in [0, 0.1) is 0 Å². The number of hydrazine groups is 1. The van der Waals surface area contributed by atoms with E-state index in [1.807, 2.05) is 13.0 Å². The Labute approximate surface area is 168 Å². The lowest BCUT2D eigenvalue weighted by Gasteiger charge is -2.11. The number of hydrogen-bond acceptors (Lipinski definition) is 4. The van der Waals surface area contributed by atoms with Gasteiger partial charge in [0.05, 0.1) is 13.7 Å². The van der Waals surface area contributed by atoms with Gasteiger partial charge in [0, 0.05) is 16.8 Å². The van der Waals surface area contributed by atoms with Crippen LogP contribution in [0.1, 0.15) is 12.5 Å². The molecule has 1 amide bonds. The first-order chi connectivity index (χ1) is 13.0. The summed E-state index contributed by atoms with van der Waals surface area (Å²) in [5, 5.41) is 3.73. The van der Waals surface area contributed by atoms with E-state index in [4.69, 9.17) is 33.3 Å². The van der Waals surface area contributed by atoms with Crippen molar-refractivity contribution in [3.05, 3.63) is 59.1 Å². The van der Waals surface area contributed by atoms with Gasteiger partial charge in [-0.1, -0.05) is 23.7 Å². The average molecular weight is 406 g/mol. The molecule has 142 valence electrons. The van der Waals surface area contributed by atoms with Crippen molar-refractivity contribution in [1.29, 1.82) is 0 Å². The molecule has 0 atom stereocenters. The van der Waals surface area contributed by atoms with Crippen molar-refractivity contribution in [3.63, 3.8) is 0 Å². The lowest BCUT2D eigenvalue weighted by molar-refractivity contribution is -0.116. The SMILES string of the molecule is CCOc1cc(/C=C/C(=O)NNC(=S)Nc2cccc(Cl)c2)ccc1OC. The number of rotatable bonds is 6. The Kier molecular flexibility index (Phi) is 7.91. The number of halogens is 1. The zero-order valence-corrected chi connectivity index (χ0v) is 16.5. The Morgan fingerprint density at radius 2 is 2.00 bits per heavy atom. The van der Waals surface area contributed by atoms with Gasteiger partial charge in [-0.05, 0) is 61.1 Å². The summed E-state index contributed by atoms with van der Waals surface area (Å²) in [6.07, 6.45) is 3.04. The van der Waals surface area contributed by atoms with Crippen LogP contribution in [0.2, 0.25) is 5.02 Å². The monoisotopic (exact) mass is 405 g/mol. The van der Waals surface area contributed by atoms with Crippen LogP contribution < -0.4 is 25.6 Å². The number of thiocarbonyl (C=S) groups is 1. The van der Waals surface area contributed by atoms with Crippen molar-refractivity contribution >= 4 is 46.6 Å². The maximum atomic E-state index is 11.9. The van der Waals surface area contributed by atoms with Crippen LogP contribution in [0.25, 0.3) is 6.08 Å². The van der Waals surface area contributed by atoms with E-state index in [9.17, 15) is 4.79 Å². The fourth-order valence-corrected chi connectivity index (χ4v) is 2.48. The summed E-state index contributed by atoms with van der Waals surface area (Å²) in [6.45, 7) is 2.41. The van der Waals surface area contributed by atoms with Gasteiger partial charge in [0.2, 0.25) is 0 Å². The molecule has 0 aliphatic carbocycles. The predicted molar refractivity (Wildman–Crippen MR) is 112 cm³/mol.